The zero-order valence-corrected chi connectivity index (χ0v) is 36.9. The topological polar surface area (TPSA) is 245 Å². The van der Waals surface area contributed by atoms with Gasteiger partial charge in [0.05, 0.1) is 78.8 Å². The second-order valence-electron chi connectivity index (χ2n) is 14.5. The van der Waals surface area contributed by atoms with Crippen LogP contribution in [0.5, 0.6) is 0 Å². The van der Waals surface area contributed by atoms with Crippen molar-refractivity contribution < 1.29 is 71.5 Å². The Morgan fingerprint density at radius 2 is 1.06 bits per heavy atom. The van der Waals surface area contributed by atoms with E-state index in [4.69, 9.17) is 49.8 Å². The number of hydrogen-bond donors (Lipinski definition) is 2. The second kappa shape index (κ2) is 22.5. The lowest BCUT2D eigenvalue weighted by Crippen LogP contribution is -2.29. The van der Waals surface area contributed by atoms with E-state index in [2.05, 4.69) is 9.97 Å². The number of hydrogen-bond acceptors (Lipinski definition) is 16. The number of benzene rings is 1. The number of nitrogens with zero attached hydrogens (tertiary/aromatic N) is 1. The summed E-state index contributed by atoms with van der Waals surface area (Å²) in [6.07, 6.45) is -2.19. The summed E-state index contributed by atoms with van der Waals surface area (Å²) in [6, 6.07) is 8.79. The van der Waals surface area contributed by atoms with Crippen molar-refractivity contribution in [1.82, 2.24) is 9.97 Å². The summed E-state index contributed by atoms with van der Waals surface area (Å²) >= 11 is 6.71. The van der Waals surface area contributed by atoms with Gasteiger partial charge in [-0.1, -0.05) is 41.9 Å². The smallest absolute Gasteiger partial charge is 0.355 e. The highest BCUT2D eigenvalue weighted by atomic mass is 35.5. The molecule has 0 bridgehead atoms. The van der Waals surface area contributed by atoms with E-state index >= 15 is 4.79 Å². The molecule has 0 aliphatic carbocycles. The van der Waals surface area contributed by atoms with Gasteiger partial charge in [-0.2, -0.15) is 0 Å². The first kappa shape index (κ1) is 49.1. The van der Waals surface area contributed by atoms with Crippen LogP contribution in [0, 0.1) is 0 Å². The van der Waals surface area contributed by atoms with Crippen molar-refractivity contribution in [1.29, 1.82) is 0 Å². The standard InChI is InChI=1S/C44H50ClN3O15/c1-44(30(21-37(54)62-7)27(42(45)48-44)15-18-34(51)59-4)22-31-28(19-35(52)60-5)25(13-16-32(49)57-2)38(46-31)41(55)39-29(20-36(53)61-6)26(14-17-33(50)58-3)40(47-39)43(56)63-23-24-11-9-8-10-12-24/h8-12,46-47H,13-23H2,1-7H3. The van der Waals surface area contributed by atoms with Gasteiger partial charge in [-0.05, 0) is 65.1 Å². The first-order chi connectivity index (χ1) is 30.0. The highest BCUT2D eigenvalue weighted by Gasteiger charge is 2.41. The van der Waals surface area contributed by atoms with Crippen molar-refractivity contribution in [2.75, 3.05) is 42.7 Å². The molecule has 0 saturated heterocycles. The van der Waals surface area contributed by atoms with E-state index in [0.717, 1.165) is 7.11 Å². The van der Waals surface area contributed by atoms with Crippen molar-refractivity contribution in [2.24, 2.45) is 4.99 Å². The van der Waals surface area contributed by atoms with Gasteiger partial charge in [-0.15, -0.1) is 0 Å². The highest BCUT2D eigenvalue weighted by Crippen LogP contribution is 2.41. The second-order valence-corrected chi connectivity index (χ2v) is 14.8. The fourth-order valence-corrected chi connectivity index (χ4v) is 7.68. The Labute approximate surface area is 368 Å². The lowest BCUT2D eigenvalue weighted by atomic mass is 9.83. The van der Waals surface area contributed by atoms with Gasteiger partial charge in [0.2, 0.25) is 5.78 Å². The number of carbonyl (C=O) groups is 8. The Kier molecular flexibility index (Phi) is 17.5. The minimum atomic E-state index is -1.33. The van der Waals surface area contributed by atoms with E-state index in [1.807, 2.05) is 0 Å². The van der Waals surface area contributed by atoms with Crippen LogP contribution < -0.4 is 0 Å². The molecule has 0 saturated carbocycles. The maximum Gasteiger partial charge on any atom is 0.355 e. The van der Waals surface area contributed by atoms with E-state index in [9.17, 15) is 33.6 Å². The average Bonchev–Trinajstić information content (AvgIpc) is 3.89. The molecule has 19 heteroatoms. The number of aromatic amines is 2. The fourth-order valence-electron chi connectivity index (χ4n) is 7.29. The molecule has 1 aliphatic heterocycles. The van der Waals surface area contributed by atoms with Crippen molar-refractivity contribution in [2.45, 2.75) is 83.3 Å². The van der Waals surface area contributed by atoms with E-state index in [1.54, 1.807) is 37.3 Å². The van der Waals surface area contributed by atoms with Gasteiger partial charge in [-0.25, -0.2) is 4.79 Å². The molecule has 1 atom stereocenters. The monoisotopic (exact) mass is 895 g/mol. The van der Waals surface area contributed by atoms with Crippen LogP contribution in [0.25, 0.3) is 0 Å². The molecule has 1 aromatic carbocycles. The molecule has 1 unspecified atom stereocenters. The van der Waals surface area contributed by atoms with Crippen LogP contribution in [-0.4, -0.2) is 111 Å². The number of allylic oxidation sites excluding steroid dienone is 1. The fraction of sp³-hybridized carbons (Fsp3) is 0.432. The van der Waals surface area contributed by atoms with Gasteiger partial charge in [0.25, 0.3) is 0 Å². The summed E-state index contributed by atoms with van der Waals surface area (Å²) in [6.45, 7) is 1.53. The third kappa shape index (κ3) is 12.3. The van der Waals surface area contributed by atoms with Crippen LogP contribution in [0.3, 0.4) is 0 Å². The summed E-state index contributed by atoms with van der Waals surface area (Å²) < 4.78 is 35.2. The predicted molar refractivity (Wildman–Crippen MR) is 223 cm³/mol. The molecule has 3 heterocycles. The summed E-state index contributed by atoms with van der Waals surface area (Å²) in [5, 5.41) is 0.0218. The van der Waals surface area contributed by atoms with Gasteiger partial charge in [0.15, 0.2) is 0 Å². The molecule has 4 rings (SSSR count). The van der Waals surface area contributed by atoms with E-state index < -0.39 is 65.9 Å². The SMILES string of the molecule is COC(=O)CCC1=C(CC(=O)OC)C(C)(Cc2[nH]c(C(=O)c3[nH]c(C(=O)OCc4ccccc4)c(CCC(=O)OC)c3CC(=O)OC)c(CCC(=O)OC)c2CC(=O)OC)N=C1Cl. The van der Waals surface area contributed by atoms with Gasteiger partial charge in [-0.3, -0.25) is 38.6 Å². The Balaban J connectivity index is 1.98. The molecule has 1 aliphatic rings. The minimum Gasteiger partial charge on any atom is -0.469 e. The van der Waals surface area contributed by atoms with E-state index in [0.29, 0.717) is 16.7 Å². The number of H-pyrrole nitrogens is 2. The van der Waals surface area contributed by atoms with Crippen LogP contribution in [0.2, 0.25) is 0 Å². The Bertz CT molecular complexity index is 2310. The highest BCUT2D eigenvalue weighted by molar-refractivity contribution is 6.70. The zero-order chi connectivity index (χ0) is 46.4. The van der Waals surface area contributed by atoms with Crippen LogP contribution in [0.1, 0.15) is 99.2 Å². The summed E-state index contributed by atoms with van der Waals surface area (Å²) in [4.78, 5) is 116. The Hall–Kier alpha value is -6.56. The van der Waals surface area contributed by atoms with Crippen LogP contribution in [0.4, 0.5) is 0 Å². The predicted octanol–water partition coefficient (Wildman–Crippen LogP) is 4.34. The lowest BCUT2D eigenvalue weighted by molar-refractivity contribution is -0.141. The molecule has 0 amide bonds. The maximum atomic E-state index is 15.1. The lowest BCUT2D eigenvalue weighted by Gasteiger charge is -2.26. The van der Waals surface area contributed by atoms with E-state index in [-0.39, 0.29) is 108 Å². The number of methoxy groups -OCH3 is 6. The first-order valence-corrected chi connectivity index (χ1v) is 20.0. The molecule has 63 heavy (non-hydrogen) atoms. The van der Waals surface area contributed by atoms with Crippen LogP contribution >= 0.6 is 11.6 Å². The molecule has 0 radical (unpaired) electrons. The molecule has 338 valence electrons. The van der Waals surface area contributed by atoms with Crippen molar-refractivity contribution >= 4 is 64.3 Å². The van der Waals surface area contributed by atoms with Gasteiger partial charge < -0.3 is 43.1 Å². The maximum absolute atomic E-state index is 15.1. The van der Waals surface area contributed by atoms with Crippen molar-refractivity contribution in [3.63, 3.8) is 0 Å². The number of aromatic nitrogens is 2. The van der Waals surface area contributed by atoms with Gasteiger partial charge in [0, 0.05) is 31.4 Å². The molecule has 18 nitrogen and oxygen atoms in total. The number of ketones is 1. The molecule has 0 fully saturated rings. The molecule has 2 aromatic heterocycles. The third-order valence-corrected chi connectivity index (χ3v) is 10.9. The summed E-state index contributed by atoms with van der Waals surface area (Å²) in [7, 11) is 7.14. The summed E-state index contributed by atoms with van der Waals surface area (Å²) in [5.41, 5.74) is 0.353. The molecular formula is C44H50ClN3O15. The number of esters is 7. The third-order valence-electron chi connectivity index (χ3n) is 10.6. The van der Waals surface area contributed by atoms with Crippen molar-refractivity contribution in [3.05, 3.63) is 92.1 Å². The van der Waals surface area contributed by atoms with Crippen molar-refractivity contribution in [3.8, 4) is 0 Å². The van der Waals surface area contributed by atoms with E-state index in [1.165, 1.54) is 35.5 Å². The number of ether oxygens (including phenoxy) is 7. The molecular weight excluding hydrogens is 846 g/mol. The zero-order valence-electron chi connectivity index (χ0n) is 36.1. The Morgan fingerprint density at radius 1 is 0.587 bits per heavy atom. The minimum absolute atomic E-state index is 0.0182. The van der Waals surface area contributed by atoms with Gasteiger partial charge >= 0.3 is 41.8 Å². The number of aliphatic imine (C=N–C) groups is 1. The quantitative estimate of drug-likeness (QED) is 0.0810. The van der Waals surface area contributed by atoms with Crippen LogP contribution in [0.15, 0.2) is 46.5 Å². The normalized spacial score (nSPS) is 14.4. The number of rotatable bonds is 22. The van der Waals surface area contributed by atoms with Gasteiger partial charge in [0.1, 0.15) is 17.5 Å². The first-order valence-electron chi connectivity index (χ1n) is 19.7. The number of nitrogens with one attached hydrogen (secondary N) is 2. The number of halogens is 1. The Morgan fingerprint density at radius 3 is 1.60 bits per heavy atom. The molecule has 0 spiro atoms. The summed E-state index contributed by atoms with van der Waals surface area (Å²) in [5.74, 6) is -5.64. The number of carbonyl (C=O) groups excluding carboxylic acids is 8. The largest absolute Gasteiger partial charge is 0.469 e. The van der Waals surface area contributed by atoms with Crippen LogP contribution in [-0.2, 0) is 101 Å². The molecule has 3 aromatic rings. The molecule has 2 N–H and O–H groups in total. The average molecular weight is 896 g/mol.